The molecule has 1 aliphatic heterocycles. The Hall–Kier alpha value is -2.51. The number of benzene rings is 2. The number of aliphatic hydroxyl groups excluding tert-OH is 1. The van der Waals surface area contributed by atoms with Gasteiger partial charge in [-0.2, -0.15) is 0 Å². The van der Waals surface area contributed by atoms with E-state index in [0.29, 0.717) is 40.7 Å². The van der Waals surface area contributed by atoms with Gasteiger partial charge in [0.25, 0.3) is 5.56 Å². The maximum Gasteiger partial charge on any atom is 0.261 e. The lowest BCUT2D eigenvalue weighted by Crippen LogP contribution is -2.39. The zero-order valence-corrected chi connectivity index (χ0v) is 18.0. The first kappa shape index (κ1) is 20.4. The average Bonchev–Trinajstić information content (AvgIpc) is 2.77. The molecule has 1 N–H and O–H groups in total. The second-order valence-electron chi connectivity index (χ2n) is 7.69. The van der Waals surface area contributed by atoms with Gasteiger partial charge in [0.15, 0.2) is 0 Å². The van der Waals surface area contributed by atoms with Crippen molar-refractivity contribution in [2.45, 2.75) is 25.0 Å². The van der Waals surface area contributed by atoms with E-state index in [4.69, 9.17) is 27.9 Å². The number of pyridine rings is 1. The van der Waals surface area contributed by atoms with E-state index in [2.05, 4.69) is 9.97 Å². The minimum absolute atomic E-state index is 0.178. The molecule has 0 radical (unpaired) electrons. The molecule has 5 rings (SSSR count). The quantitative estimate of drug-likeness (QED) is 0.370. The molecule has 0 bridgehead atoms. The molecular weight excluding hydrogens is 437 g/mol. The molecule has 8 heteroatoms. The van der Waals surface area contributed by atoms with Crippen LogP contribution >= 0.6 is 23.2 Å². The molecule has 0 aliphatic carbocycles. The van der Waals surface area contributed by atoms with Crippen LogP contribution in [-0.4, -0.2) is 39.0 Å². The predicted octanol–water partition coefficient (Wildman–Crippen LogP) is 4.16. The van der Waals surface area contributed by atoms with Crippen LogP contribution in [0.2, 0.25) is 10.3 Å². The highest BCUT2D eigenvalue weighted by Crippen LogP contribution is 2.30. The molecule has 2 aromatic heterocycles. The first-order chi connectivity index (χ1) is 15.0. The van der Waals surface area contributed by atoms with E-state index >= 15 is 0 Å². The summed E-state index contributed by atoms with van der Waals surface area (Å²) in [7, 11) is 0. The Kier molecular flexibility index (Phi) is 5.40. The molecule has 2 aromatic carbocycles. The maximum absolute atomic E-state index is 13.4. The number of halogens is 2. The Bertz CT molecular complexity index is 1360. The topological polar surface area (TPSA) is 77.2 Å². The standard InChI is InChI=1S/C23H19Cl2N3O3/c24-20-6-5-13(22(25)27-20)9-14-10-17-21(16-4-2-1-3-15(14)16)26-12-28(23(17)30)18-7-8-31-11-19(18)29/h1-6,10,12,18-19,29H,7-9,11H2. The van der Waals surface area contributed by atoms with Gasteiger partial charge in [-0.25, -0.2) is 9.97 Å². The van der Waals surface area contributed by atoms with E-state index in [1.54, 1.807) is 6.07 Å². The average molecular weight is 456 g/mol. The second-order valence-corrected chi connectivity index (χ2v) is 8.44. The van der Waals surface area contributed by atoms with Crippen molar-refractivity contribution in [1.82, 2.24) is 14.5 Å². The highest BCUT2D eigenvalue weighted by molar-refractivity contribution is 6.32. The first-order valence-corrected chi connectivity index (χ1v) is 10.8. The van der Waals surface area contributed by atoms with Crippen molar-refractivity contribution >= 4 is 44.9 Å². The van der Waals surface area contributed by atoms with Gasteiger partial charge in [-0.15, -0.1) is 0 Å². The fourth-order valence-electron chi connectivity index (χ4n) is 4.25. The highest BCUT2D eigenvalue weighted by atomic mass is 35.5. The SMILES string of the molecule is O=c1c2cc(Cc3ccc(Cl)nc3Cl)c3ccccc3c2ncn1C1CCOCC1O. The molecule has 1 saturated heterocycles. The van der Waals surface area contributed by atoms with Crippen LogP contribution in [0.3, 0.4) is 0 Å². The minimum atomic E-state index is -0.746. The van der Waals surface area contributed by atoms with Crippen molar-refractivity contribution in [2.75, 3.05) is 13.2 Å². The summed E-state index contributed by atoms with van der Waals surface area (Å²) in [5, 5.41) is 13.4. The predicted molar refractivity (Wildman–Crippen MR) is 121 cm³/mol. The van der Waals surface area contributed by atoms with E-state index in [-0.39, 0.29) is 18.2 Å². The summed E-state index contributed by atoms with van der Waals surface area (Å²) in [4.78, 5) is 22.2. The number of fused-ring (bicyclic) bond motifs is 3. The lowest BCUT2D eigenvalue weighted by molar-refractivity contribution is -0.0395. The fraction of sp³-hybridized carbons (Fsp3) is 0.261. The van der Waals surface area contributed by atoms with E-state index in [1.165, 1.54) is 10.9 Å². The Balaban J connectivity index is 1.71. The van der Waals surface area contributed by atoms with Crippen LogP contribution in [0.1, 0.15) is 23.6 Å². The summed E-state index contributed by atoms with van der Waals surface area (Å²) in [5.41, 5.74) is 2.23. The third kappa shape index (κ3) is 3.70. The van der Waals surface area contributed by atoms with E-state index in [0.717, 1.165) is 21.9 Å². The number of aliphatic hydroxyl groups is 1. The summed E-state index contributed by atoms with van der Waals surface area (Å²) in [6.07, 6.45) is 1.84. The summed E-state index contributed by atoms with van der Waals surface area (Å²) in [6.45, 7) is 0.706. The van der Waals surface area contributed by atoms with Crippen molar-refractivity contribution in [1.29, 1.82) is 0 Å². The van der Waals surface area contributed by atoms with Crippen molar-refractivity contribution < 1.29 is 9.84 Å². The number of nitrogens with zero attached hydrogens (tertiary/aromatic N) is 3. The van der Waals surface area contributed by atoms with Gasteiger partial charge in [0.05, 0.1) is 36.0 Å². The molecule has 1 aliphatic rings. The van der Waals surface area contributed by atoms with Gasteiger partial charge in [-0.05, 0) is 35.1 Å². The molecule has 158 valence electrons. The van der Waals surface area contributed by atoms with Crippen LogP contribution < -0.4 is 5.56 Å². The van der Waals surface area contributed by atoms with Crippen LogP contribution in [0.4, 0.5) is 0 Å². The van der Waals surface area contributed by atoms with Crippen molar-refractivity contribution in [3.05, 3.63) is 80.6 Å². The zero-order chi connectivity index (χ0) is 21.5. The largest absolute Gasteiger partial charge is 0.389 e. The monoisotopic (exact) mass is 455 g/mol. The third-order valence-electron chi connectivity index (χ3n) is 5.80. The molecule has 0 amide bonds. The minimum Gasteiger partial charge on any atom is -0.389 e. The molecule has 2 atom stereocenters. The summed E-state index contributed by atoms with van der Waals surface area (Å²) < 4.78 is 6.84. The number of rotatable bonds is 3. The Morgan fingerprint density at radius 2 is 1.90 bits per heavy atom. The molecule has 1 fully saturated rings. The van der Waals surface area contributed by atoms with Gasteiger partial charge < -0.3 is 9.84 Å². The van der Waals surface area contributed by atoms with Gasteiger partial charge in [0, 0.05) is 18.4 Å². The van der Waals surface area contributed by atoms with E-state index in [9.17, 15) is 9.90 Å². The summed E-state index contributed by atoms with van der Waals surface area (Å²) >= 11 is 12.2. The zero-order valence-electron chi connectivity index (χ0n) is 16.5. The van der Waals surface area contributed by atoms with Gasteiger partial charge in [0.2, 0.25) is 0 Å². The summed E-state index contributed by atoms with van der Waals surface area (Å²) in [5.74, 6) is 0. The van der Waals surface area contributed by atoms with Crippen molar-refractivity contribution in [3.8, 4) is 0 Å². The van der Waals surface area contributed by atoms with E-state index < -0.39 is 6.10 Å². The lowest BCUT2D eigenvalue weighted by atomic mass is 9.96. The summed E-state index contributed by atoms with van der Waals surface area (Å²) in [6, 6.07) is 12.9. The molecule has 0 saturated carbocycles. The van der Waals surface area contributed by atoms with Crippen molar-refractivity contribution in [2.24, 2.45) is 0 Å². The maximum atomic E-state index is 13.4. The lowest BCUT2D eigenvalue weighted by Gasteiger charge is -2.29. The number of ether oxygens (including phenoxy) is 1. The number of hydrogen-bond donors (Lipinski definition) is 1. The van der Waals surface area contributed by atoms with Gasteiger partial charge in [-0.3, -0.25) is 9.36 Å². The molecule has 2 unspecified atom stereocenters. The second kappa shape index (κ2) is 8.20. The fourth-order valence-corrected chi connectivity index (χ4v) is 4.66. The van der Waals surface area contributed by atoms with Crippen molar-refractivity contribution in [3.63, 3.8) is 0 Å². The first-order valence-electron chi connectivity index (χ1n) is 10.0. The highest BCUT2D eigenvalue weighted by Gasteiger charge is 2.27. The van der Waals surface area contributed by atoms with Crippen LogP contribution in [-0.2, 0) is 11.2 Å². The molecular formula is C23H19Cl2N3O3. The number of aromatic nitrogens is 3. The van der Waals surface area contributed by atoms with Gasteiger partial charge in [-0.1, -0.05) is 53.5 Å². The molecule has 4 aromatic rings. The van der Waals surface area contributed by atoms with Crippen LogP contribution in [0.15, 0.2) is 53.6 Å². The molecule has 3 heterocycles. The van der Waals surface area contributed by atoms with Crippen LogP contribution in [0.25, 0.3) is 21.7 Å². The van der Waals surface area contributed by atoms with Gasteiger partial charge >= 0.3 is 0 Å². The Morgan fingerprint density at radius 1 is 1.10 bits per heavy atom. The Morgan fingerprint density at radius 3 is 2.68 bits per heavy atom. The molecule has 31 heavy (non-hydrogen) atoms. The number of hydrogen-bond acceptors (Lipinski definition) is 5. The Labute approximate surface area is 188 Å². The van der Waals surface area contributed by atoms with E-state index in [1.807, 2.05) is 36.4 Å². The third-order valence-corrected chi connectivity index (χ3v) is 6.34. The molecule has 6 nitrogen and oxygen atoms in total. The molecule has 0 spiro atoms. The van der Waals surface area contributed by atoms with Crippen LogP contribution in [0, 0.1) is 0 Å². The van der Waals surface area contributed by atoms with Gasteiger partial charge in [0.1, 0.15) is 10.3 Å². The smallest absolute Gasteiger partial charge is 0.261 e. The van der Waals surface area contributed by atoms with Crippen LogP contribution in [0.5, 0.6) is 0 Å². The normalized spacial score (nSPS) is 19.2.